The van der Waals surface area contributed by atoms with Crippen LogP contribution in [0.5, 0.6) is 0 Å². The van der Waals surface area contributed by atoms with Crippen LogP contribution in [0.2, 0.25) is 0 Å². The highest BCUT2D eigenvalue weighted by atomic mass is 14.2. The molecule has 0 radical (unpaired) electrons. The molecule has 0 N–H and O–H groups in total. The minimum Gasteiger partial charge on any atom is -0.0842 e. The molecule has 0 spiro atoms. The van der Waals surface area contributed by atoms with Crippen LogP contribution in [0, 0.1) is 13.8 Å². The Morgan fingerprint density at radius 1 is 0.519 bits per heavy atom. The van der Waals surface area contributed by atoms with Gasteiger partial charge in [-0.05, 0) is 125 Å². The van der Waals surface area contributed by atoms with E-state index in [-0.39, 0.29) is 0 Å². The van der Waals surface area contributed by atoms with Crippen LogP contribution in [-0.4, -0.2) is 0 Å². The van der Waals surface area contributed by atoms with Gasteiger partial charge in [0.15, 0.2) is 0 Å². The number of benzene rings is 5. The SMILES string of the molecule is CC.CC1=CC=CCC1c1cc(C2=C/C=C(/c3cccc(C4=CC=CCC4)c3)c3ccccc3\C(C)=C\2)ccc1C.Cc1cccc(-c2ccccc2)c1. The van der Waals surface area contributed by atoms with Crippen molar-refractivity contribution in [2.45, 2.75) is 66.7 Å². The van der Waals surface area contributed by atoms with Crippen LogP contribution in [0.15, 0.2) is 182 Å². The van der Waals surface area contributed by atoms with E-state index < -0.39 is 0 Å². The molecule has 0 saturated heterocycles. The Hall–Kier alpha value is -5.72. The molecule has 3 aliphatic carbocycles. The van der Waals surface area contributed by atoms with Gasteiger partial charge in [0, 0.05) is 5.92 Å². The standard InChI is InChI=1S/C39H36.C13H12.C2H6/c1-27-12-7-8-17-35(27)39-26-33(21-20-28(39)2)32-22-23-37(38-19-10-9-18-36(38)29(3)24-32)34-16-11-15-31(25-34)30-13-5-4-6-14-30;1-11-6-5-9-13(10-11)12-7-3-2-4-8-12;1-2/h4-5,7-13,15-16,18-26,35H,6,14,17H2,1-3H3;2-10H,1H3;1-2H3/b23-22?,29-24+,32-22+,32-24?,36-29?,37-23-,38-37?;;. The van der Waals surface area contributed by atoms with Crippen LogP contribution in [0.4, 0.5) is 0 Å². The van der Waals surface area contributed by atoms with Crippen molar-refractivity contribution in [3.63, 3.8) is 0 Å². The zero-order valence-electron chi connectivity index (χ0n) is 32.9. The highest BCUT2D eigenvalue weighted by Gasteiger charge is 2.19. The molecule has 5 aromatic rings. The van der Waals surface area contributed by atoms with Crippen LogP contribution in [0.3, 0.4) is 0 Å². The zero-order chi connectivity index (χ0) is 37.9. The van der Waals surface area contributed by atoms with E-state index >= 15 is 0 Å². The summed E-state index contributed by atoms with van der Waals surface area (Å²) in [5.74, 6) is 0.452. The summed E-state index contributed by atoms with van der Waals surface area (Å²) in [4.78, 5) is 0. The smallest absolute Gasteiger partial charge is 0.00859 e. The van der Waals surface area contributed by atoms with E-state index in [1.165, 1.54) is 83.5 Å². The lowest BCUT2D eigenvalue weighted by Gasteiger charge is -2.23. The molecule has 0 saturated carbocycles. The molecule has 0 fully saturated rings. The molecule has 3 aliphatic rings. The predicted octanol–water partition coefficient (Wildman–Crippen LogP) is 15.3. The van der Waals surface area contributed by atoms with Crippen molar-refractivity contribution in [1.82, 2.24) is 0 Å². The topological polar surface area (TPSA) is 0 Å². The summed E-state index contributed by atoms with van der Waals surface area (Å²) in [6.45, 7) is 12.9. The first-order valence-corrected chi connectivity index (χ1v) is 19.7. The second-order valence-electron chi connectivity index (χ2n) is 14.2. The van der Waals surface area contributed by atoms with E-state index in [0.29, 0.717) is 5.92 Å². The minimum absolute atomic E-state index is 0.452. The molecule has 5 aromatic carbocycles. The van der Waals surface area contributed by atoms with Crippen LogP contribution in [0.25, 0.3) is 33.4 Å². The molecular weight excluding hydrogens is 649 g/mol. The fraction of sp³-hybridized carbons (Fsp3) is 0.185. The van der Waals surface area contributed by atoms with E-state index in [2.05, 4.69) is 198 Å². The molecule has 0 heteroatoms. The summed E-state index contributed by atoms with van der Waals surface area (Å²) in [7, 11) is 0. The Morgan fingerprint density at radius 3 is 1.98 bits per heavy atom. The molecule has 0 heterocycles. The van der Waals surface area contributed by atoms with Gasteiger partial charge >= 0.3 is 0 Å². The van der Waals surface area contributed by atoms with Crippen molar-refractivity contribution < 1.29 is 0 Å². The Labute approximate surface area is 325 Å². The molecule has 54 heavy (non-hydrogen) atoms. The summed E-state index contributed by atoms with van der Waals surface area (Å²) in [5.41, 5.74) is 19.8. The fourth-order valence-electron chi connectivity index (χ4n) is 7.60. The summed E-state index contributed by atoms with van der Waals surface area (Å²) >= 11 is 0. The number of aryl methyl sites for hydroxylation is 2. The Bertz CT molecular complexity index is 2290. The number of allylic oxidation sites excluding steroid dienone is 13. The van der Waals surface area contributed by atoms with Crippen LogP contribution >= 0.6 is 0 Å². The Kier molecular flexibility index (Phi) is 12.9. The monoisotopic (exact) mass is 702 g/mol. The second-order valence-corrected chi connectivity index (χ2v) is 14.2. The summed E-state index contributed by atoms with van der Waals surface area (Å²) in [6.07, 6.45) is 23.8. The van der Waals surface area contributed by atoms with Gasteiger partial charge in [-0.15, -0.1) is 0 Å². The number of hydrogen-bond donors (Lipinski definition) is 0. The van der Waals surface area contributed by atoms with Crippen molar-refractivity contribution in [3.8, 4) is 11.1 Å². The van der Waals surface area contributed by atoms with Gasteiger partial charge in [0.1, 0.15) is 0 Å². The lowest BCUT2D eigenvalue weighted by Crippen LogP contribution is -2.05. The molecule has 270 valence electrons. The van der Waals surface area contributed by atoms with Gasteiger partial charge in [0.05, 0.1) is 0 Å². The molecule has 0 nitrogen and oxygen atoms in total. The Balaban J connectivity index is 0.000000278. The molecule has 1 unspecified atom stereocenters. The average Bonchev–Trinajstić information content (AvgIpc) is 3.22. The first-order valence-electron chi connectivity index (χ1n) is 19.7. The second kappa shape index (κ2) is 18.4. The number of fused-ring (bicyclic) bond motifs is 1. The highest BCUT2D eigenvalue weighted by molar-refractivity contribution is 5.94. The lowest BCUT2D eigenvalue weighted by molar-refractivity contribution is 0.790. The molecule has 0 aliphatic heterocycles. The summed E-state index contributed by atoms with van der Waals surface area (Å²) in [5, 5.41) is 0. The summed E-state index contributed by atoms with van der Waals surface area (Å²) < 4.78 is 0. The van der Waals surface area contributed by atoms with Gasteiger partial charge in [-0.3, -0.25) is 0 Å². The quantitative estimate of drug-likeness (QED) is 0.171. The van der Waals surface area contributed by atoms with Crippen LogP contribution in [0.1, 0.15) is 97.4 Å². The maximum Gasteiger partial charge on any atom is 0.00859 e. The molecule has 0 aromatic heterocycles. The Morgan fingerprint density at radius 2 is 1.22 bits per heavy atom. The third-order valence-corrected chi connectivity index (χ3v) is 10.5. The van der Waals surface area contributed by atoms with E-state index in [0.717, 1.165) is 19.3 Å². The van der Waals surface area contributed by atoms with E-state index in [9.17, 15) is 0 Å². The lowest BCUT2D eigenvalue weighted by atomic mass is 9.82. The van der Waals surface area contributed by atoms with Crippen molar-refractivity contribution >= 4 is 22.3 Å². The van der Waals surface area contributed by atoms with Gasteiger partial charge in [-0.25, -0.2) is 0 Å². The largest absolute Gasteiger partial charge is 0.0842 e. The normalized spacial score (nSPS) is 18.9. The third-order valence-electron chi connectivity index (χ3n) is 10.5. The maximum absolute atomic E-state index is 2.43. The van der Waals surface area contributed by atoms with Crippen molar-refractivity contribution in [2.24, 2.45) is 0 Å². The van der Waals surface area contributed by atoms with Gasteiger partial charge in [-0.1, -0.05) is 195 Å². The van der Waals surface area contributed by atoms with Crippen LogP contribution in [-0.2, 0) is 0 Å². The average molecular weight is 703 g/mol. The molecule has 1 atom stereocenters. The minimum atomic E-state index is 0.452. The number of hydrogen-bond acceptors (Lipinski definition) is 0. The summed E-state index contributed by atoms with van der Waals surface area (Å²) in [6, 6.07) is 44.0. The van der Waals surface area contributed by atoms with Gasteiger partial charge in [0.2, 0.25) is 0 Å². The van der Waals surface area contributed by atoms with Crippen molar-refractivity contribution in [1.29, 1.82) is 0 Å². The highest BCUT2D eigenvalue weighted by Crippen LogP contribution is 2.38. The van der Waals surface area contributed by atoms with Crippen LogP contribution < -0.4 is 0 Å². The molecule has 0 bridgehead atoms. The van der Waals surface area contributed by atoms with Crippen molar-refractivity contribution in [3.05, 3.63) is 226 Å². The van der Waals surface area contributed by atoms with Crippen molar-refractivity contribution in [2.75, 3.05) is 0 Å². The van der Waals surface area contributed by atoms with Gasteiger partial charge < -0.3 is 0 Å². The predicted molar refractivity (Wildman–Crippen MR) is 237 cm³/mol. The molecular formula is C54H54. The van der Waals surface area contributed by atoms with E-state index in [1.807, 2.05) is 19.9 Å². The van der Waals surface area contributed by atoms with E-state index in [1.54, 1.807) is 0 Å². The molecule has 0 amide bonds. The van der Waals surface area contributed by atoms with Gasteiger partial charge in [-0.2, -0.15) is 0 Å². The van der Waals surface area contributed by atoms with E-state index in [4.69, 9.17) is 0 Å². The maximum atomic E-state index is 2.43. The number of rotatable bonds is 5. The first-order chi connectivity index (χ1) is 26.4. The fourth-order valence-corrected chi connectivity index (χ4v) is 7.60. The zero-order valence-corrected chi connectivity index (χ0v) is 32.9. The molecule has 8 rings (SSSR count). The first kappa shape index (κ1) is 38.0. The third kappa shape index (κ3) is 9.07. The van der Waals surface area contributed by atoms with Gasteiger partial charge in [0.25, 0.3) is 0 Å².